The molecule has 0 radical (unpaired) electrons. The highest BCUT2D eigenvalue weighted by atomic mass is 35.5. The number of hydrogen-bond acceptors (Lipinski definition) is 3. The average Bonchev–Trinajstić information content (AvgIpc) is 2.65. The predicted molar refractivity (Wildman–Crippen MR) is 52.2 cm³/mol. The zero-order valence-corrected chi connectivity index (χ0v) is 8.31. The highest BCUT2D eigenvalue weighted by molar-refractivity contribution is 6.21. The summed E-state index contributed by atoms with van der Waals surface area (Å²) in [7, 11) is 0. The van der Waals surface area contributed by atoms with Crippen LogP contribution in [-0.2, 0) is 0 Å². The monoisotopic (exact) mass is 211 g/mol. The van der Waals surface area contributed by atoms with Gasteiger partial charge in [-0.25, -0.2) is 9.97 Å². The molecular formula is C9H10ClN3O. The molecule has 1 amide bonds. The fourth-order valence-electron chi connectivity index (χ4n) is 1.49. The highest BCUT2D eigenvalue weighted by Gasteiger charge is 2.25. The number of carbonyl (C=O) groups is 1. The van der Waals surface area contributed by atoms with Gasteiger partial charge in [0.15, 0.2) is 0 Å². The Morgan fingerprint density at radius 3 is 2.79 bits per heavy atom. The van der Waals surface area contributed by atoms with Crippen LogP contribution in [0.3, 0.4) is 0 Å². The van der Waals surface area contributed by atoms with Gasteiger partial charge in [0.25, 0.3) is 5.91 Å². The van der Waals surface area contributed by atoms with E-state index in [-0.39, 0.29) is 11.3 Å². The van der Waals surface area contributed by atoms with Crippen LogP contribution in [0.2, 0.25) is 0 Å². The minimum absolute atomic E-state index is 0.0336. The first kappa shape index (κ1) is 9.40. The van der Waals surface area contributed by atoms with Gasteiger partial charge in [0.1, 0.15) is 6.33 Å². The van der Waals surface area contributed by atoms with Gasteiger partial charge in [-0.2, -0.15) is 0 Å². The second-order valence-corrected chi connectivity index (χ2v) is 3.88. The minimum Gasteiger partial charge on any atom is -0.337 e. The summed E-state index contributed by atoms with van der Waals surface area (Å²) >= 11 is 5.91. The van der Waals surface area contributed by atoms with Crippen LogP contribution in [0.15, 0.2) is 18.7 Å². The molecule has 0 spiro atoms. The Hall–Kier alpha value is -1.16. The van der Waals surface area contributed by atoms with Gasteiger partial charge in [-0.15, -0.1) is 11.6 Å². The van der Waals surface area contributed by atoms with E-state index in [1.807, 2.05) is 0 Å². The number of carbonyl (C=O) groups excluding carboxylic acids is 1. The predicted octanol–water partition coefficient (Wildman–Crippen LogP) is 0.930. The van der Waals surface area contributed by atoms with E-state index in [4.69, 9.17) is 11.6 Å². The average molecular weight is 212 g/mol. The van der Waals surface area contributed by atoms with Crippen LogP contribution in [-0.4, -0.2) is 39.2 Å². The van der Waals surface area contributed by atoms with Gasteiger partial charge < -0.3 is 4.90 Å². The molecule has 74 valence electrons. The molecule has 0 aromatic carbocycles. The van der Waals surface area contributed by atoms with Crippen molar-refractivity contribution in [3.63, 3.8) is 0 Å². The van der Waals surface area contributed by atoms with Crippen LogP contribution in [0.1, 0.15) is 16.8 Å². The Morgan fingerprint density at radius 1 is 1.50 bits per heavy atom. The van der Waals surface area contributed by atoms with Crippen LogP contribution in [0.5, 0.6) is 0 Å². The number of hydrogen-bond donors (Lipinski definition) is 0. The van der Waals surface area contributed by atoms with Crippen molar-refractivity contribution in [3.8, 4) is 0 Å². The van der Waals surface area contributed by atoms with Crippen LogP contribution in [0, 0.1) is 0 Å². The van der Waals surface area contributed by atoms with Gasteiger partial charge in [-0.3, -0.25) is 4.79 Å². The summed E-state index contributed by atoms with van der Waals surface area (Å²) in [4.78, 5) is 21.1. The summed E-state index contributed by atoms with van der Waals surface area (Å²) < 4.78 is 0. The molecule has 1 saturated heterocycles. The van der Waals surface area contributed by atoms with Crippen molar-refractivity contribution in [3.05, 3.63) is 24.3 Å². The van der Waals surface area contributed by atoms with Crippen molar-refractivity contribution in [1.29, 1.82) is 0 Å². The third-order valence-electron chi connectivity index (χ3n) is 2.23. The van der Waals surface area contributed by atoms with Crippen LogP contribution in [0.25, 0.3) is 0 Å². The topological polar surface area (TPSA) is 46.1 Å². The molecule has 1 aliphatic rings. The van der Waals surface area contributed by atoms with Gasteiger partial charge in [-0.05, 0) is 6.42 Å². The van der Waals surface area contributed by atoms with Gasteiger partial charge in [0.2, 0.25) is 0 Å². The lowest BCUT2D eigenvalue weighted by atomic mass is 10.3. The largest absolute Gasteiger partial charge is 0.337 e. The number of rotatable bonds is 1. The molecule has 1 unspecified atom stereocenters. The minimum atomic E-state index is -0.0336. The number of halogens is 1. The van der Waals surface area contributed by atoms with E-state index >= 15 is 0 Å². The molecule has 2 heterocycles. The molecule has 5 heteroatoms. The zero-order chi connectivity index (χ0) is 9.97. The van der Waals surface area contributed by atoms with E-state index in [0.717, 1.165) is 13.0 Å². The Balaban J connectivity index is 2.10. The van der Waals surface area contributed by atoms with E-state index in [9.17, 15) is 4.79 Å². The number of nitrogens with zero attached hydrogens (tertiary/aromatic N) is 3. The first-order chi connectivity index (χ1) is 6.77. The first-order valence-corrected chi connectivity index (χ1v) is 4.89. The Labute approximate surface area is 86.9 Å². The van der Waals surface area contributed by atoms with E-state index in [2.05, 4.69) is 9.97 Å². The van der Waals surface area contributed by atoms with Gasteiger partial charge in [-0.1, -0.05) is 0 Å². The molecule has 1 aromatic rings. The maximum atomic E-state index is 11.8. The molecule has 14 heavy (non-hydrogen) atoms. The maximum Gasteiger partial charge on any atom is 0.257 e. The molecular weight excluding hydrogens is 202 g/mol. The number of amides is 1. The Morgan fingerprint density at radius 2 is 2.21 bits per heavy atom. The summed E-state index contributed by atoms with van der Waals surface area (Å²) in [5.74, 6) is -0.0336. The fourth-order valence-corrected chi connectivity index (χ4v) is 1.76. The van der Waals surface area contributed by atoms with Gasteiger partial charge in [0.05, 0.1) is 10.9 Å². The third kappa shape index (κ3) is 1.85. The molecule has 0 aliphatic carbocycles. The van der Waals surface area contributed by atoms with Crippen molar-refractivity contribution in [2.75, 3.05) is 13.1 Å². The summed E-state index contributed by atoms with van der Waals surface area (Å²) in [5.41, 5.74) is 0.526. The van der Waals surface area contributed by atoms with Crippen molar-refractivity contribution in [2.45, 2.75) is 11.8 Å². The lowest BCUT2D eigenvalue weighted by Crippen LogP contribution is -2.28. The molecule has 0 saturated carbocycles. The first-order valence-electron chi connectivity index (χ1n) is 4.46. The summed E-state index contributed by atoms with van der Waals surface area (Å²) in [6.07, 6.45) is 5.32. The van der Waals surface area contributed by atoms with E-state index in [1.165, 1.54) is 18.7 Å². The molecule has 0 N–H and O–H groups in total. The van der Waals surface area contributed by atoms with Crippen molar-refractivity contribution in [1.82, 2.24) is 14.9 Å². The number of likely N-dealkylation sites (tertiary alicyclic amines) is 1. The SMILES string of the molecule is O=C(c1cncnc1)N1CCC(Cl)C1. The second kappa shape index (κ2) is 3.92. The van der Waals surface area contributed by atoms with E-state index < -0.39 is 0 Å². The summed E-state index contributed by atoms with van der Waals surface area (Å²) in [6, 6.07) is 0. The highest BCUT2D eigenvalue weighted by Crippen LogP contribution is 2.16. The normalized spacial score (nSPS) is 21.2. The standard InChI is InChI=1S/C9H10ClN3O/c10-8-1-2-13(5-8)9(14)7-3-11-6-12-4-7/h3-4,6,8H,1-2,5H2. The third-order valence-corrected chi connectivity index (χ3v) is 2.58. The van der Waals surface area contributed by atoms with Crippen LogP contribution < -0.4 is 0 Å². The Bertz CT molecular complexity index is 330. The van der Waals surface area contributed by atoms with Gasteiger partial charge in [0, 0.05) is 25.5 Å². The van der Waals surface area contributed by atoms with Crippen LogP contribution in [0.4, 0.5) is 0 Å². The Kier molecular flexibility index (Phi) is 2.63. The zero-order valence-electron chi connectivity index (χ0n) is 7.56. The van der Waals surface area contributed by atoms with Crippen molar-refractivity contribution >= 4 is 17.5 Å². The molecule has 2 rings (SSSR count). The lowest BCUT2D eigenvalue weighted by molar-refractivity contribution is 0.0792. The fraction of sp³-hybridized carbons (Fsp3) is 0.444. The quantitative estimate of drug-likeness (QED) is 0.650. The molecule has 1 fully saturated rings. The summed E-state index contributed by atoms with van der Waals surface area (Å²) in [6.45, 7) is 1.34. The van der Waals surface area contributed by atoms with Crippen molar-refractivity contribution in [2.24, 2.45) is 0 Å². The smallest absolute Gasteiger partial charge is 0.257 e. The lowest BCUT2D eigenvalue weighted by Gasteiger charge is -2.14. The number of aromatic nitrogens is 2. The maximum absolute atomic E-state index is 11.8. The molecule has 1 aromatic heterocycles. The van der Waals surface area contributed by atoms with Crippen LogP contribution >= 0.6 is 11.6 Å². The summed E-state index contributed by atoms with van der Waals surface area (Å²) in [5, 5.41) is 0.0866. The molecule has 4 nitrogen and oxygen atoms in total. The second-order valence-electron chi connectivity index (χ2n) is 3.26. The van der Waals surface area contributed by atoms with E-state index in [0.29, 0.717) is 12.1 Å². The number of alkyl halides is 1. The molecule has 1 aliphatic heterocycles. The van der Waals surface area contributed by atoms with Crippen molar-refractivity contribution < 1.29 is 4.79 Å². The van der Waals surface area contributed by atoms with Gasteiger partial charge >= 0.3 is 0 Å². The molecule has 0 bridgehead atoms. The van der Waals surface area contributed by atoms with E-state index in [1.54, 1.807) is 4.90 Å². The molecule has 1 atom stereocenters.